The molecule has 3 aromatic carbocycles. The van der Waals surface area contributed by atoms with E-state index in [1.165, 1.54) is 37.7 Å². The fourth-order valence-electron chi connectivity index (χ4n) is 4.96. The van der Waals surface area contributed by atoms with E-state index in [-0.39, 0.29) is 38.0 Å². The summed E-state index contributed by atoms with van der Waals surface area (Å²) in [5.41, 5.74) is 4.10. The minimum Gasteiger partial charge on any atom is -0.481 e. The van der Waals surface area contributed by atoms with Crippen molar-refractivity contribution >= 4 is 46.8 Å². The lowest BCUT2D eigenvalue weighted by atomic mass is 9.84. The van der Waals surface area contributed by atoms with Crippen LogP contribution < -0.4 is 15.5 Å². The maximum atomic E-state index is 13.5. The van der Waals surface area contributed by atoms with Gasteiger partial charge in [0.2, 0.25) is 0 Å². The molecule has 0 atom stereocenters. The average Bonchev–Trinajstić information content (AvgIpc) is 2.95. The highest BCUT2D eigenvalue weighted by molar-refractivity contribution is 6.34. The van der Waals surface area contributed by atoms with Crippen LogP contribution in [0.5, 0.6) is 0 Å². The highest BCUT2D eigenvalue weighted by atomic mass is 35.5. The molecule has 0 radical (unpaired) electrons. The molecule has 0 saturated heterocycles. The van der Waals surface area contributed by atoms with E-state index in [0.717, 1.165) is 16.8 Å². The first-order chi connectivity index (χ1) is 19.3. The summed E-state index contributed by atoms with van der Waals surface area (Å²) in [6, 6.07) is 20.0. The van der Waals surface area contributed by atoms with Gasteiger partial charge in [-0.1, -0.05) is 66.7 Å². The summed E-state index contributed by atoms with van der Waals surface area (Å²) < 4.78 is 0. The lowest BCUT2D eigenvalue weighted by Gasteiger charge is -2.26. The summed E-state index contributed by atoms with van der Waals surface area (Å²) >= 11 is 12.2. The molecule has 0 heterocycles. The van der Waals surface area contributed by atoms with Crippen LogP contribution in [0.15, 0.2) is 66.7 Å². The molecule has 0 unspecified atom stereocenters. The molecule has 4 rings (SSSR count). The van der Waals surface area contributed by atoms with Crippen LogP contribution in [0, 0.1) is 0 Å². The predicted octanol–water partition coefficient (Wildman–Crippen LogP) is 7.16. The van der Waals surface area contributed by atoms with E-state index in [0.29, 0.717) is 21.5 Å². The van der Waals surface area contributed by atoms with Crippen LogP contribution in [-0.4, -0.2) is 29.6 Å². The first kappa shape index (κ1) is 29.4. The van der Waals surface area contributed by atoms with Gasteiger partial charge in [-0.2, -0.15) is 0 Å². The maximum Gasteiger partial charge on any atom is 0.322 e. The number of benzene rings is 3. The lowest BCUT2D eigenvalue weighted by Crippen LogP contribution is -2.39. The SMILES string of the molecule is O=C(O)CCNC(=O)c1ccc(CN(C(=O)NCc2cc(Cl)cc(Cl)c2)c2ccc(C3CCCCC3)cc2)cc1. The molecule has 9 heteroatoms. The molecular weight excluding hydrogens is 549 g/mol. The van der Waals surface area contributed by atoms with Crippen molar-refractivity contribution in [2.75, 3.05) is 11.4 Å². The molecule has 0 spiro atoms. The van der Waals surface area contributed by atoms with Crippen molar-refractivity contribution in [2.24, 2.45) is 0 Å². The van der Waals surface area contributed by atoms with E-state index in [2.05, 4.69) is 22.8 Å². The molecule has 1 aliphatic carbocycles. The molecule has 210 valence electrons. The summed E-state index contributed by atoms with van der Waals surface area (Å²) in [7, 11) is 0. The van der Waals surface area contributed by atoms with Crippen LogP contribution in [0.2, 0.25) is 10.0 Å². The number of nitrogens with one attached hydrogen (secondary N) is 2. The Balaban J connectivity index is 1.49. The quantitative estimate of drug-likeness (QED) is 0.236. The summed E-state index contributed by atoms with van der Waals surface area (Å²) in [6.07, 6.45) is 6.05. The van der Waals surface area contributed by atoms with Crippen molar-refractivity contribution in [3.63, 3.8) is 0 Å². The van der Waals surface area contributed by atoms with Crippen LogP contribution in [0.25, 0.3) is 0 Å². The molecule has 3 N–H and O–H groups in total. The zero-order chi connectivity index (χ0) is 28.5. The van der Waals surface area contributed by atoms with Gasteiger partial charge < -0.3 is 15.7 Å². The van der Waals surface area contributed by atoms with Gasteiger partial charge in [0, 0.05) is 34.4 Å². The first-order valence-corrected chi connectivity index (χ1v) is 14.2. The molecule has 1 aliphatic rings. The van der Waals surface area contributed by atoms with Gasteiger partial charge in [0.15, 0.2) is 0 Å². The average molecular weight is 583 g/mol. The molecule has 3 amide bonds. The van der Waals surface area contributed by atoms with E-state index in [1.54, 1.807) is 47.4 Å². The number of carbonyl (C=O) groups is 3. The van der Waals surface area contributed by atoms with Crippen molar-refractivity contribution < 1.29 is 19.5 Å². The van der Waals surface area contributed by atoms with Crippen molar-refractivity contribution in [3.8, 4) is 0 Å². The number of aliphatic carboxylic acids is 1. The fourth-order valence-corrected chi connectivity index (χ4v) is 5.53. The van der Waals surface area contributed by atoms with Crippen LogP contribution in [-0.2, 0) is 17.9 Å². The van der Waals surface area contributed by atoms with Crippen LogP contribution in [0.4, 0.5) is 10.5 Å². The number of urea groups is 1. The Morgan fingerprint density at radius 1 is 0.825 bits per heavy atom. The Kier molecular flexibility index (Phi) is 10.4. The molecule has 1 saturated carbocycles. The number of hydrogen-bond donors (Lipinski definition) is 3. The number of hydrogen-bond acceptors (Lipinski definition) is 3. The Morgan fingerprint density at radius 3 is 2.10 bits per heavy atom. The molecule has 0 bridgehead atoms. The normalized spacial score (nSPS) is 13.4. The molecule has 3 aromatic rings. The van der Waals surface area contributed by atoms with Crippen molar-refractivity contribution in [2.45, 2.75) is 57.5 Å². The zero-order valence-electron chi connectivity index (χ0n) is 22.2. The third kappa shape index (κ3) is 8.47. The minimum atomic E-state index is -0.973. The van der Waals surface area contributed by atoms with Gasteiger partial charge in [-0.05, 0) is 77.9 Å². The number of anilines is 1. The second-order valence-electron chi connectivity index (χ2n) is 10.0. The van der Waals surface area contributed by atoms with Crippen molar-refractivity contribution in [3.05, 3.63) is 99.0 Å². The number of carbonyl (C=O) groups excluding carboxylic acids is 2. The summed E-state index contributed by atoms with van der Waals surface area (Å²) in [5, 5.41) is 15.3. The Morgan fingerprint density at radius 2 is 1.48 bits per heavy atom. The first-order valence-electron chi connectivity index (χ1n) is 13.5. The highest BCUT2D eigenvalue weighted by Gasteiger charge is 2.19. The number of rotatable bonds is 10. The van der Waals surface area contributed by atoms with Gasteiger partial charge in [0.25, 0.3) is 5.91 Å². The van der Waals surface area contributed by atoms with E-state index in [4.69, 9.17) is 28.3 Å². The van der Waals surface area contributed by atoms with Gasteiger partial charge >= 0.3 is 12.0 Å². The zero-order valence-corrected chi connectivity index (χ0v) is 23.7. The standard InChI is InChI=1S/C31H33Cl2N3O4/c32-26-16-22(17-27(33)18-26)19-35-31(40)36(28-12-10-24(11-13-28)23-4-2-1-3-5-23)20-21-6-8-25(9-7-21)30(39)34-15-14-29(37)38/h6-13,16-18,23H,1-5,14-15,19-20H2,(H,34,39)(H,35,40)(H,37,38). The Hall–Kier alpha value is -3.55. The summed E-state index contributed by atoms with van der Waals surface area (Å²) in [5.74, 6) is -0.757. The van der Waals surface area contributed by atoms with Gasteiger partial charge in [-0.3, -0.25) is 14.5 Å². The second kappa shape index (κ2) is 14.2. The number of halogens is 2. The Labute approximate surface area is 244 Å². The van der Waals surface area contributed by atoms with E-state index < -0.39 is 5.97 Å². The minimum absolute atomic E-state index is 0.0541. The largest absolute Gasteiger partial charge is 0.481 e. The van der Waals surface area contributed by atoms with Crippen LogP contribution in [0.3, 0.4) is 0 Å². The molecular formula is C31H33Cl2N3O4. The van der Waals surface area contributed by atoms with Gasteiger partial charge in [0.1, 0.15) is 0 Å². The second-order valence-corrected chi connectivity index (χ2v) is 10.9. The summed E-state index contributed by atoms with van der Waals surface area (Å²) in [6.45, 7) is 0.593. The molecule has 1 fully saturated rings. The highest BCUT2D eigenvalue weighted by Crippen LogP contribution is 2.33. The number of carboxylic acid groups (broad SMARTS) is 1. The monoisotopic (exact) mass is 581 g/mol. The third-order valence-corrected chi connectivity index (χ3v) is 7.51. The van der Waals surface area contributed by atoms with Gasteiger partial charge in [-0.25, -0.2) is 4.79 Å². The van der Waals surface area contributed by atoms with Crippen LogP contribution in [0.1, 0.15) is 71.5 Å². The van der Waals surface area contributed by atoms with Crippen molar-refractivity contribution in [1.29, 1.82) is 0 Å². The lowest BCUT2D eigenvalue weighted by molar-refractivity contribution is -0.136. The van der Waals surface area contributed by atoms with E-state index >= 15 is 0 Å². The van der Waals surface area contributed by atoms with Crippen LogP contribution >= 0.6 is 23.2 Å². The molecule has 40 heavy (non-hydrogen) atoms. The summed E-state index contributed by atoms with van der Waals surface area (Å²) in [4.78, 5) is 38.1. The van der Waals surface area contributed by atoms with E-state index in [9.17, 15) is 14.4 Å². The number of nitrogens with zero attached hydrogens (tertiary/aromatic N) is 1. The molecule has 7 nitrogen and oxygen atoms in total. The van der Waals surface area contributed by atoms with Gasteiger partial charge in [0.05, 0.1) is 13.0 Å². The number of carboxylic acids is 1. The fraction of sp³-hybridized carbons (Fsp3) is 0.323. The molecule has 0 aromatic heterocycles. The smallest absolute Gasteiger partial charge is 0.322 e. The molecule has 0 aliphatic heterocycles. The third-order valence-electron chi connectivity index (χ3n) is 7.07. The Bertz CT molecular complexity index is 1300. The topological polar surface area (TPSA) is 98.7 Å². The van der Waals surface area contributed by atoms with Crippen molar-refractivity contribution in [1.82, 2.24) is 10.6 Å². The maximum absolute atomic E-state index is 13.5. The van der Waals surface area contributed by atoms with E-state index in [1.807, 2.05) is 12.1 Å². The predicted molar refractivity (Wildman–Crippen MR) is 158 cm³/mol. The van der Waals surface area contributed by atoms with Gasteiger partial charge in [-0.15, -0.1) is 0 Å². The number of amides is 3.